The largest absolute Gasteiger partial charge is 0.497 e. The van der Waals surface area contributed by atoms with Crippen molar-refractivity contribution in [3.05, 3.63) is 45.6 Å². The Morgan fingerprint density at radius 1 is 1.22 bits per heavy atom. The molecule has 3 aromatic heterocycles. The van der Waals surface area contributed by atoms with E-state index < -0.39 is 0 Å². The first-order valence-corrected chi connectivity index (χ1v) is 9.48. The third-order valence-electron chi connectivity index (χ3n) is 4.91. The van der Waals surface area contributed by atoms with Crippen LogP contribution in [0.5, 0.6) is 5.75 Å². The Kier molecular flexibility index (Phi) is 4.22. The Hall–Kier alpha value is -2.74. The second-order valence-electron chi connectivity index (χ2n) is 6.49. The quantitative estimate of drug-likeness (QED) is 0.397. The third-order valence-corrected chi connectivity index (χ3v) is 5.96. The van der Waals surface area contributed by atoms with Crippen molar-refractivity contribution in [3.63, 3.8) is 0 Å². The topological polar surface area (TPSA) is 75.1 Å². The van der Waals surface area contributed by atoms with Gasteiger partial charge in [-0.15, -0.1) is 0 Å². The molecule has 7 nitrogen and oxygen atoms in total. The smallest absolute Gasteiger partial charge is 0.278 e. The molecule has 0 atom stereocenters. The minimum atomic E-state index is -0.0704. The standard InChI is InChI=1S/C19H20N4O3S/c1-10-14(11(2)26-21-10)9-27-19-20-16-13-8-12(25-5)6-7-15(13)22(3)17(16)18(24)23(19)4/h6-8H,9H2,1-5H3. The van der Waals surface area contributed by atoms with Crippen LogP contribution in [0, 0.1) is 13.8 Å². The van der Waals surface area contributed by atoms with E-state index in [2.05, 4.69) is 5.16 Å². The summed E-state index contributed by atoms with van der Waals surface area (Å²) in [6.45, 7) is 3.81. The molecule has 140 valence electrons. The molecule has 0 bridgehead atoms. The van der Waals surface area contributed by atoms with Crippen molar-refractivity contribution in [3.8, 4) is 5.75 Å². The minimum absolute atomic E-state index is 0.0704. The zero-order chi connectivity index (χ0) is 19.3. The monoisotopic (exact) mass is 384 g/mol. The molecule has 0 aliphatic carbocycles. The van der Waals surface area contributed by atoms with E-state index in [0.717, 1.165) is 33.7 Å². The van der Waals surface area contributed by atoms with Gasteiger partial charge in [-0.2, -0.15) is 0 Å². The third kappa shape index (κ3) is 2.71. The van der Waals surface area contributed by atoms with Gasteiger partial charge in [0.05, 0.1) is 18.3 Å². The van der Waals surface area contributed by atoms with Crippen LogP contribution in [0.25, 0.3) is 21.9 Å². The fourth-order valence-electron chi connectivity index (χ4n) is 3.28. The number of rotatable bonds is 4. The van der Waals surface area contributed by atoms with Crippen molar-refractivity contribution in [2.24, 2.45) is 14.1 Å². The molecule has 27 heavy (non-hydrogen) atoms. The Labute approximate surface area is 159 Å². The first kappa shape index (κ1) is 17.7. The zero-order valence-electron chi connectivity index (χ0n) is 15.9. The number of benzene rings is 1. The van der Waals surface area contributed by atoms with Gasteiger partial charge >= 0.3 is 0 Å². The van der Waals surface area contributed by atoms with E-state index in [4.69, 9.17) is 14.2 Å². The summed E-state index contributed by atoms with van der Waals surface area (Å²) >= 11 is 1.50. The van der Waals surface area contributed by atoms with E-state index in [1.165, 1.54) is 11.8 Å². The van der Waals surface area contributed by atoms with Crippen LogP contribution in [0.2, 0.25) is 0 Å². The van der Waals surface area contributed by atoms with Crippen LogP contribution >= 0.6 is 11.8 Å². The zero-order valence-corrected chi connectivity index (χ0v) is 16.7. The summed E-state index contributed by atoms with van der Waals surface area (Å²) in [4.78, 5) is 17.8. The SMILES string of the molecule is COc1ccc2c(c1)c1nc(SCc3c(C)noc3C)n(C)c(=O)c1n2C. The fourth-order valence-corrected chi connectivity index (χ4v) is 4.40. The molecule has 0 N–H and O–H groups in total. The van der Waals surface area contributed by atoms with E-state index in [9.17, 15) is 4.79 Å². The van der Waals surface area contributed by atoms with E-state index in [0.29, 0.717) is 21.9 Å². The molecule has 0 unspecified atom stereocenters. The summed E-state index contributed by atoms with van der Waals surface area (Å²) in [7, 11) is 5.27. The maximum atomic E-state index is 13.0. The highest BCUT2D eigenvalue weighted by Crippen LogP contribution is 2.31. The van der Waals surface area contributed by atoms with Gasteiger partial charge in [-0.05, 0) is 32.0 Å². The second-order valence-corrected chi connectivity index (χ2v) is 7.43. The van der Waals surface area contributed by atoms with Crippen molar-refractivity contribution in [1.29, 1.82) is 0 Å². The number of nitrogens with zero attached hydrogens (tertiary/aromatic N) is 4. The molecule has 3 heterocycles. The predicted molar refractivity (Wildman–Crippen MR) is 106 cm³/mol. The summed E-state index contributed by atoms with van der Waals surface area (Å²) in [6, 6.07) is 5.76. The molecule has 0 radical (unpaired) electrons. The number of aryl methyl sites for hydroxylation is 3. The molecule has 0 aliphatic rings. The molecule has 1 aromatic carbocycles. The lowest BCUT2D eigenvalue weighted by Gasteiger charge is -2.07. The van der Waals surface area contributed by atoms with E-state index in [1.54, 1.807) is 18.7 Å². The summed E-state index contributed by atoms with van der Waals surface area (Å²) in [5.41, 5.74) is 4.05. The molecule has 0 saturated heterocycles. The van der Waals surface area contributed by atoms with Gasteiger partial charge in [0.2, 0.25) is 0 Å². The lowest BCUT2D eigenvalue weighted by atomic mass is 10.2. The van der Waals surface area contributed by atoms with E-state index in [1.807, 2.05) is 43.7 Å². The summed E-state index contributed by atoms with van der Waals surface area (Å²) in [5, 5.41) is 5.55. The van der Waals surface area contributed by atoms with Gasteiger partial charge in [0.15, 0.2) is 5.16 Å². The Morgan fingerprint density at radius 2 is 2.00 bits per heavy atom. The summed E-state index contributed by atoms with van der Waals surface area (Å²) < 4.78 is 14.1. The molecule has 0 spiro atoms. The van der Waals surface area contributed by atoms with Crippen molar-refractivity contribution < 1.29 is 9.26 Å². The van der Waals surface area contributed by atoms with Crippen molar-refractivity contribution >= 4 is 33.7 Å². The number of hydrogen-bond donors (Lipinski definition) is 0. The molecule has 8 heteroatoms. The molecule has 4 aromatic rings. The first-order valence-electron chi connectivity index (χ1n) is 8.50. The molecule has 0 amide bonds. The average Bonchev–Trinajstić information content (AvgIpc) is 3.13. The molecule has 0 aliphatic heterocycles. The predicted octanol–water partition coefficient (Wildman–Crippen LogP) is 3.33. The number of thioether (sulfide) groups is 1. The number of fused-ring (bicyclic) bond motifs is 3. The lowest BCUT2D eigenvalue weighted by molar-refractivity contribution is 0.392. The highest BCUT2D eigenvalue weighted by molar-refractivity contribution is 7.98. The van der Waals surface area contributed by atoms with Crippen molar-refractivity contribution in [1.82, 2.24) is 19.3 Å². The van der Waals surface area contributed by atoms with Gasteiger partial charge in [0.1, 0.15) is 22.5 Å². The number of ether oxygens (including phenoxy) is 1. The van der Waals surface area contributed by atoms with Crippen LogP contribution < -0.4 is 10.3 Å². The van der Waals surface area contributed by atoms with E-state index in [-0.39, 0.29) is 5.56 Å². The van der Waals surface area contributed by atoms with Crippen LogP contribution in [-0.2, 0) is 19.8 Å². The number of hydrogen-bond acceptors (Lipinski definition) is 6. The molecule has 0 saturated carbocycles. The summed E-state index contributed by atoms with van der Waals surface area (Å²) in [6.07, 6.45) is 0. The molecule has 0 fully saturated rings. The van der Waals surface area contributed by atoms with Gasteiger partial charge in [-0.25, -0.2) is 4.98 Å². The maximum Gasteiger partial charge on any atom is 0.278 e. The maximum absolute atomic E-state index is 13.0. The van der Waals surface area contributed by atoms with Gasteiger partial charge < -0.3 is 13.8 Å². The lowest BCUT2D eigenvalue weighted by Crippen LogP contribution is -2.21. The highest BCUT2D eigenvalue weighted by atomic mass is 32.2. The molecular weight excluding hydrogens is 364 g/mol. The minimum Gasteiger partial charge on any atom is -0.497 e. The first-order chi connectivity index (χ1) is 12.9. The Bertz CT molecular complexity index is 1220. The van der Waals surface area contributed by atoms with Crippen LogP contribution in [-0.4, -0.2) is 26.4 Å². The van der Waals surface area contributed by atoms with Gasteiger partial charge in [-0.1, -0.05) is 16.9 Å². The molecular formula is C19H20N4O3S. The number of aromatic nitrogens is 4. The van der Waals surface area contributed by atoms with Crippen LogP contribution in [0.15, 0.2) is 32.7 Å². The summed E-state index contributed by atoms with van der Waals surface area (Å²) in [5.74, 6) is 2.17. The number of methoxy groups -OCH3 is 1. The van der Waals surface area contributed by atoms with E-state index >= 15 is 0 Å². The van der Waals surface area contributed by atoms with Crippen molar-refractivity contribution in [2.75, 3.05) is 7.11 Å². The van der Waals surface area contributed by atoms with Crippen LogP contribution in [0.4, 0.5) is 0 Å². The fraction of sp³-hybridized carbons (Fsp3) is 0.316. The molecule has 4 rings (SSSR count). The highest BCUT2D eigenvalue weighted by Gasteiger charge is 2.18. The second kappa shape index (κ2) is 6.45. The normalized spacial score (nSPS) is 11.6. The Balaban J connectivity index is 1.88. The van der Waals surface area contributed by atoms with Crippen LogP contribution in [0.3, 0.4) is 0 Å². The van der Waals surface area contributed by atoms with Crippen LogP contribution in [0.1, 0.15) is 17.0 Å². The Morgan fingerprint density at radius 3 is 2.67 bits per heavy atom. The van der Waals surface area contributed by atoms with Gasteiger partial charge in [0.25, 0.3) is 5.56 Å². The van der Waals surface area contributed by atoms with Gasteiger partial charge in [0, 0.05) is 30.8 Å². The van der Waals surface area contributed by atoms with Crippen molar-refractivity contribution in [2.45, 2.75) is 24.8 Å². The average molecular weight is 384 g/mol. The van der Waals surface area contributed by atoms with Gasteiger partial charge in [-0.3, -0.25) is 9.36 Å².